The zero-order valence-corrected chi connectivity index (χ0v) is 30.5. The predicted octanol–water partition coefficient (Wildman–Crippen LogP) is 12.2. The normalized spacial score (nSPS) is 37.7. The summed E-state index contributed by atoms with van der Waals surface area (Å²) in [4.78, 5) is 0. The first kappa shape index (κ1) is 32.0. The van der Waals surface area contributed by atoms with Crippen LogP contribution in [0.4, 0.5) is 11.4 Å². The van der Waals surface area contributed by atoms with Crippen molar-refractivity contribution in [3.05, 3.63) is 57.5 Å². The molecule has 0 aliphatic heterocycles. The molecule has 43 heavy (non-hydrogen) atoms. The average Bonchev–Trinajstić information content (AvgIpc) is 3.33. The van der Waals surface area contributed by atoms with Gasteiger partial charge in [-0.25, -0.2) is 0 Å². The lowest BCUT2D eigenvalue weighted by Crippen LogP contribution is -2.60. The third-order valence-corrected chi connectivity index (χ3v) is 14.7. The molecule has 4 saturated carbocycles. The summed E-state index contributed by atoms with van der Waals surface area (Å²) >= 11 is 7.69. The van der Waals surface area contributed by atoms with Gasteiger partial charge in [0.15, 0.2) is 0 Å². The molecule has 0 unspecified atom stereocenters. The van der Waals surface area contributed by atoms with E-state index >= 15 is 0 Å². The molecular formula is C39H56Br2N2. The Bertz CT molecular complexity index is 1250. The highest BCUT2D eigenvalue weighted by Gasteiger charge is 2.63. The van der Waals surface area contributed by atoms with E-state index < -0.39 is 0 Å². The van der Waals surface area contributed by atoms with Crippen LogP contribution in [0.3, 0.4) is 0 Å². The highest BCUT2D eigenvalue weighted by Crippen LogP contribution is 2.68. The molecule has 4 heteroatoms. The minimum atomic E-state index is 0.450. The number of para-hydroxylation sites is 2. The van der Waals surface area contributed by atoms with Crippen molar-refractivity contribution in [2.24, 2.45) is 52.3 Å². The van der Waals surface area contributed by atoms with Crippen LogP contribution < -0.4 is 10.6 Å². The average molecular weight is 713 g/mol. The van der Waals surface area contributed by atoms with Gasteiger partial charge in [-0.3, -0.25) is 0 Å². The number of benzene rings is 2. The lowest BCUT2D eigenvalue weighted by atomic mass is 9.43. The molecular weight excluding hydrogens is 656 g/mol. The summed E-state index contributed by atoms with van der Waals surface area (Å²) in [6.45, 7) is 12.9. The van der Waals surface area contributed by atoms with Gasteiger partial charge in [-0.2, -0.15) is 0 Å². The molecule has 0 heterocycles. The first-order valence-electron chi connectivity index (χ1n) is 17.6. The standard InChI is InChI=1S/C39H56Br2N2/c1-25(2)11-10-12-26(3)29-17-18-30-37-31(20-22-39(29,30)5)38(4)21-19-28(42-34-15-8-6-13-32(34)40)23-27(38)24-36(37)43-35-16-9-7-14-33(35)41/h6-9,13-16,25-31,36-37,42-43H,10-12,17-24H2,1-5H3/t26-,27-,28-,29-,30+,31+,36-,37+,38+,39-/m1/s1. The second kappa shape index (κ2) is 13.0. The molecule has 2 nitrogen and oxygen atoms in total. The summed E-state index contributed by atoms with van der Waals surface area (Å²) in [5.41, 5.74) is 3.48. The number of hydrogen-bond acceptors (Lipinski definition) is 2. The van der Waals surface area contributed by atoms with Crippen molar-refractivity contribution in [1.82, 2.24) is 0 Å². The molecule has 0 spiro atoms. The van der Waals surface area contributed by atoms with Crippen molar-refractivity contribution >= 4 is 43.2 Å². The van der Waals surface area contributed by atoms with Gasteiger partial charge in [-0.15, -0.1) is 0 Å². The van der Waals surface area contributed by atoms with Crippen molar-refractivity contribution in [2.45, 2.75) is 117 Å². The molecule has 4 aliphatic rings. The highest BCUT2D eigenvalue weighted by molar-refractivity contribution is 9.11. The van der Waals surface area contributed by atoms with Crippen LogP contribution in [0.2, 0.25) is 0 Å². The van der Waals surface area contributed by atoms with Crippen LogP contribution in [0.25, 0.3) is 0 Å². The van der Waals surface area contributed by atoms with Crippen LogP contribution in [-0.2, 0) is 0 Å². The Labute approximate surface area is 279 Å². The highest BCUT2D eigenvalue weighted by atomic mass is 79.9. The quantitative estimate of drug-likeness (QED) is 0.270. The summed E-state index contributed by atoms with van der Waals surface area (Å²) in [6.07, 6.45) is 15.2. The van der Waals surface area contributed by atoms with Gasteiger partial charge in [0.05, 0.1) is 0 Å². The summed E-state index contributed by atoms with van der Waals surface area (Å²) in [5.74, 6) is 5.76. The SMILES string of the molecule is CC(C)CCC[C@@H](C)[C@H]1CC[C@H]2[C@@H]3[C@H](Nc4ccccc4Br)C[C@H]4C[C@H](Nc5ccccc5Br)CC[C@]4(C)[C@H]3CC[C@]12C. The van der Waals surface area contributed by atoms with Crippen LogP contribution in [0.15, 0.2) is 57.5 Å². The zero-order chi connectivity index (χ0) is 30.4. The molecule has 2 N–H and O–H groups in total. The minimum Gasteiger partial charge on any atom is -0.381 e. The van der Waals surface area contributed by atoms with Crippen LogP contribution in [0.5, 0.6) is 0 Å². The van der Waals surface area contributed by atoms with Gasteiger partial charge < -0.3 is 10.6 Å². The van der Waals surface area contributed by atoms with Crippen LogP contribution in [0.1, 0.15) is 105 Å². The molecule has 0 bridgehead atoms. The smallest absolute Gasteiger partial charge is 0.0486 e. The van der Waals surface area contributed by atoms with E-state index in [0.29, 0.717) is 22.9 Å². The predicted molar refractivity (Wildman–Crippen MR) is 192 cm³/mol. The molecule has 0 amide bonds. The molecule has 10 atom stereocenters. The second-order valence-electron chi connectivity index (χ2n) is 16.1. The summed E-state index contributed by atoms with van der Waals surface area (Å²) in [6, 6.07) is 18.6. The van der Waals surface area contributed by atoms with Gasteiger partial charge >= 0.3 is 0 Å². The van der Waals surface area contributed by atoms with Gasteiger partial charge in [0.2, 0.25) is 0 Å². The van der Waals surface area contributed by atoms with E-state index in [0.717, 1.165) is 41.4 Å². The van der Waals surface area contributed by atoms with Gasteiger partial charge in [-0.1, -0.05) is 78.1 Å². The monoisotopic (exact) mass is 710 g/mol. The third-order valence-electron chi connectivity index (χ3n) is 13.4. The Balaban J connectivity index is 1.26. The molecule has 2 aromatic carbocycles. The minimum absolute atomic E-state index is 0.450. The Morgan fingerprint density at radius 3 is 2.05 bits per heavy atom. The maximum absolute atomic E-state index is 4.22. The molecule has 2 aromatic rings. The van der Waals surface area contributed by atoms with Gasteiger partial charge in [0.25, 0.3) is 0 Å². The molecule has 236 valence electrons. The van der Waals surface area contributed by atoms with Gasteiger partial charge in [-0.05, 0) is 160 Å². The van der Waals surface area contributed by atoms with Crippen molar-refractivity contribution in [2.75, 3.05) is 10.6 Å². The number of rotatable bonds is 9. The lowest BCUT2D eigenvalue weighted by Gasteiger charge is -2.63. The Morgan fingerprint density at radius 1 is 0.744 bits per heavy atom. The third kappa shape index (κ3) is 6.24. The maximum Gasteiger partial charge on any atom is 0.0486 e. The maximum atomic E-state index is 4.22. The van der Waals surface area contributed by atoms with Crippen LogP contribution >= 0.6 is 31.9 Å². The van der Waals surface area contributed by atoms with Crippen molar-refractivity contribution in [3.8, 4) is 0 Å². The Morgan fingerprint density at radius 2 is 1.37 bits per heavy atom. The van der Waals surface area contributed by atoms with E-state index in [1.807, 2.05) is 0 Å². The van der Waals surface area contributed by atoms with Crippen molar-refractivity contribution in [1.29, 1.82) is 0 Å². The molecule has 0 aromatic heterocycles. The van der Waals surface area contributed by atoms with Gasteiger partial charge in [0.1, 0.15) is 0 Å². The first-order valence-corrected chi connectivity index (χ1v) is 19.2. The van der Waals surface area contributed by atoms with E-state index in [4.69, 9.17) is 0 Å². The fourth-order valence-corrected chi connectivity index (χ4v) is 11.9. The largest absolute Gasteiger partial charge is 0.381 e. The number of anilines is 2. The Kier molecular flexibility index (Phi) is 9.67. The van der Waals surface area contributed by atoms with E-state index in [9.17, 15) is 0 Å². The summed E-state index contributed by atoms with van der Waals surface area (Å²) in [5, 5.41) is 8.17. The van der Waals surface area contributed by atoms with E-state index in [-0.39, 0.29) is 0 Å². The second-order valence-corrected chi connectivity index (χ2v) is 17.8. The van der Waals surface area contributed by atoms with Crippen molar-refractivity contribution < 1.29 is 0 Å². The fraction of sp³-hybridized carbons (Fsp3) is 0.692. The zero-order valence-electron chi connectivity index (χ0n) is 27.3. The number of fused-ring (bicyclic) bond motifs is 5. The van der Waals surface area contributed by atoms with E-state index in [2.05, 4.69) is 126 Å². The Hall–Kier alpha value is -1.00. The first-order chi connectivity index (χ1) is 20.6. The van der Waals surface area contributed by atoms with Crippen molar-refractivity contribution in [3.63, 3.8) is 0 Å². The fourth-order valence-electron chi connectivity index (χ4n) is 11.1. The van der Waals surface area contributed by atoms with Crippen LogP contribution in [-0.4, -0.2) is 12.1 Å². The van der Waals surface area contributed by atoms with Gasteiger partial charge in [0, 0.05) is 32.4 Å². The molecule has 4 fully saturated rings. The summed E-state index contributed by atoms with van der Waals surface area (Å²) < 4.78 is 2.39. The van der Waals surface area contributed by atoms with Crippen LogP contribution in [0, 0.1) is 52.3 Å². The lowest BCUT2D eigenvalue weighted by molar-refractivity contribution is -0.120. The molecule has 6 rings (SSSR count). The number of nitrogens with one attached hydrogen (secondary N) is 2. The van der Waals surface area contributed by atoms with E-state index in [1.165, 1.54) is 90.9 Å². The van der Waals surface area contributed by atoms with E-state index in [1.54, 1.807) is 0 Å². The summed E-state index contributed by atoms with van der Waals surface area (Å²) in [7, 11) is 0. The number of hydrogen-bond donors (Lipinski definition) is 2. The molecule has 0 saturated heterocycles. The topological polar surface area (TPSA) is 24.1 Å². The number of halogens is 2. The molecule has 0 radical (unpaired) electrons. The molecule has 4 aliphatic carbocycles.